The van der Waals surface area contributed by atoms with Gasteiger partial charge in [0.05, 0.1) is 0 Å². The molecule has 0 atom stereocenters. The van der Waals surface area contributed by atoms with Crippen molar-refractivity contribution in [3.8, 4) is 0 Å². The second-order valence-electron chi connectivity index (χ2n) is 1.88. The molecule has 76 valence electrons. The molecule has 0 rings (SSSR count). The van der Waals surface area contributed by atoms with E-state index < -0.39 is 6.09 Å². The number of nitrogens with two attached hydrogens (primary N) is 1. The zero-order valence-electron chi connectivity index (χ0n) is 7.02. The Kier molecular flexibility index (Phi) is 9.39. The fourth-order valence-electron chi connectivity index (χ4n) is 0.424. The Morgan fingerprint density at radius 3 is 2.77 bits per heavy atom. The molecule has 0 saturated heterocycles. The lowest BCUT2D eigenvalue weighted by Crippen LogP contribution is -2.31. The molecule has 0 radical (unpaired) electrons. The summed E-state index contributed by atoms with van der Waals surface area (Å²) in [7, 11) is 3.14. The Bertz CT molecular complexity index is 157. The monoisotopic (exact) mass is 224 g/mol. The van der Waals surface area contributed by atoms with E-state index in [9.17, 15) is 9.59 Å². The number of aldehydes is 1. The van der Waals surface area contributed by atoms with Crippen LogP contribution in [0.3, 0.4) is 0 Å². The van der Waals surface area contributed by atoms with Crippen LogP contribution in [0.5, 0.6) is 0 Å². The Morgan fingerprint density at radius 1 is 1.46 bits per heavy atom. The average Bonchev–Trinajstić information content (AvgIpc) is 2.16. The number of nitrogens with one attached hydrogen (secondary N) is 1. The van der Waals surface area contributed by atoms with Crippen molar-refractivity contribution < 1.29 is 14.3 Å². The third-order valence-electron chi connectivity index (χ3n) is 0.920. The number of hydrazine groups is 1. The normalized spacial score (nSPS) is 9.31. The zero-order chi connectivity index (χ0) is 9.94. The molecule has 3 N–H and O–H groups in total. The quantitative estimate of drug-likeness (QED) is 0.164. The predicted molar refractivity (Wildman–Crippen MR) is 54.3 cm³/mol. The van der Waals surface area contributed by atoms with E-state index in [0.29, 0.717) is 18.8 Å². The van der Waals surface area contributed by atoms with Gasteiger partial charge in [0, 0.05) is 17.9 Å². The van der Waals surface area contributed by atoms with Crippen LogP contribution in [-0.2, 0) is 9.53 Å². The van der Waals surface area contributed by atoms with Crippen LogP contribution < -0.4 is 11.3 Å². The maximum atomic E-state index is 10.4. The van der Waals surface area contributed by atoms with Crippen LogP contribution in [0, 0.1) is 0 Å². The van der Waals surface area contributed by atoms with E-state index in [0.717, 1.165) is 12.0 Å². The molecule has 5 nitrogen and oxygen atoms in total. The van der Waals surface area contributed by atoms with Crippen molar-refractivity contribution in [2.24, 2.45) is 5.84 Å². The first-order chi connectivity index (χ1) is 6.31. The minimum absolute atomic E-state index is 0.321. The van der Waals surface area contributed by atoms with Crippen LogP contribution >= 0.6 is 21.6 Å². The van der Waals surface area contributed by atoms with Crippen LogP contribution in [0.25, 0.3) is 0 Å². The topological polar surface area (TPSA) is 81.4 Å². The summed E-state index contributed by atoms with van der Waals surface area (Å²) in [6, 6.07) is 0. The Hall–Kier alpha value is -0.400. The van der Waals surface area contributed by atoms with Gasteiger partial charge in [-0.25, -0.2) is 10.6 Å². The lowest BCUT2D eigenvalue weighted by Gasteiger charge is -2.02. The van der Waals surface area contributed by atoms with Gasteiger partial charge in [0.25, 0.3) is 0 Å². The molecule has 0 spiro atoms. The fourth-order valence-corrected chi connectivity index (χ4v) is 2.20. The standard InChI is InChI=1S/C6H12N2O3S2/c7-8-6(10)11-3-5-13-12-4-1-2-9/h2H,1,3-5,7H2,(H,8,10). The van der Waals surface area contributed by atoms with Crippen LogP contribution in [0.2, 0.25) is 0 Å². The predicted octanol–water partition coefficient (Wildman–Crippen LogP) is 0.557. The second kappa shape index (κ2) is 9.69. The van der Waals surface area contributed by atoms with Crippen LogP contribution in [0.4, 0.5) is 4.79 Å². The van der Waals surface area contributed by atoms with Crippen LogP contribution in [0.15, 0.2) is 0 Å². The fraction of sp³-hybridized carbons (Fsp3) is 0.667. The minimum atomic E-state index is -0.626. The third-order valence-corrected chi connectivity index (χ3v) is 3.32. The molecule has 0 aromatic rings. The molecule has 0 fully saturated rings. The maximum Gasteiger partial charge on any atom is 0.421 e. The smallest absolute Gasteiger partial charge is 0.421 e. The molecule has 0 aromatic carbocycles. The van der Waals surface area contributed by atoms with E-state index in [4.69, 9.17) is 5.84 Å². The molecule has 0 aliphatic rings. The molecule has 0 saturated carbocycles. The first kappa shape index (κ1) is 12.6. The molecule has 1 amide bonds. The number of hydrogen-bond donors (Lipinski definition) is 2. The van der Waals surface area contributed by atoms with Crippen molar-refractivity contribution in [2.45, 2.75) is 6.42 Å². The largest absolute Gasteiger partial charge is 0.448 e. The van der Waals surface area contributed by atoms with Crippen molar-refractivity contribution in [3.63, 3.8) is 0 Å². The number of amides is 1. The van der Waals surface area contributed by atoms with Crippen molar-refractivity contribution in [2.75, 3.05) is 18.1 Å². The Morgan fingerprint density at radius 2 is 2.15 bits per heavy atom. The van der Waals surface area contributed by atoms with Gasteiger partial charge < -0.3 is 9.53 Å². The van der Waals surface area contributed by atoms with E-state index in [1.165, 1.54) is 0 Å². The summed E-state index contributed by atoms with van der Waals surface area (Å²) in [6.45, 7) is 0.321. The summed E-state index contributed by atoms with van der Waals surface area (Å²) in [5.74, 6) is 6.26. The molecule has 0 aliphatic carbocycles. The van der Waals surface area contributed by atoms with Gasteiger partial charge in [0.15, 0.2) is 0 Å². The van der Waals surface area contributed by atoms with Gasteiger partial charge in [0.2, 0.25) is 0 Å². The zero-order valence-corrected chi connectivity index (χ0v) is 8.66. The van der Waals surface area contributed by atoms with Gasteiger partial charge >= 0.3 is 6.09 Å². The molecular formula is C6H12N2O3S2. The highest BCUT2D eigenvalue weighted by Crippen LogP contribution is 2.20. The summed E-state index contributed by atoms with van der Waals surface area (Å²) < 4.78 is 4.62. The van der Waals surface area contributed by atoms with E-state index in [2.05, 4.69) is 4.74 Å². The first-order valence-corrected chi connectivity index (χ1v) is 6.11. The summed E-state index contributed by atoms with van der Waals surface area (Å²) in [4.78, 5) is 20.3. The minimum Gasteiger partial charge on any atom is -0.448 e. The van der Waals surface area contributed by atoms with Crippen LogP contribution in [0.1, 0.15) is 6.42 Å². The van der Waals surface area contributed by atoms with Crippen molar-refractivity contribution >= 4 is 34.0 Å². The second-order valence-corrected chi connectivity index (χ2v) is 4.58. The molecule has 7 heteroatoms. The highest BCUT2D eigenvalue weighted by Gasteiger charge is 1.97. The van der Waals surface area contributed by atoms with Crippen LogP contribution in [-0.4, -0.2) is 30.5 Å². The highest BCUT2D eigenvalue weighted by molar-refractivity contribution is 8.76. The summed E-state index contributed by atoms with van der Waals surface area (Å²) in [5.41, 5.74) is 1.85. The summed E-state index contributed by atoms with van der Waals surface area (Å²) in [5, 5.41) is 0. The van der Waals surface area contributed by atoms with Gasteiger partial charge in [-0.1, -0.05) is 21.6 Å². The van der Waals surface area contributed by atoms with E-state index in [1.807, 2.05) is 5.43 Å². The molecule has 13 heavy (non-hydrogen) atoms. The highest BCUT2D eigenvalue weighted by atomic mass is 33.1. The van der Waals surface area contributed by atoms with Gasteiger partial charge in [-0.3, -0.25) is 5.43 Å². The molecule has 0 bridgehead atoms. The van der Waals surface area contributed by atoms with E-state index in [1.54, 1.807) is 21.6 Å². The lowest BCUT2D eigenvalue weighted by molar-refractivity contribution is -0.107. The van der Waals surface area contributed by atoms with E-state index in [-0.39, 0.29) is 0 Å². The molecule has 0 unspecified atom stereocenters. The average molecular weight is 224 g/mol. The number of carbonyl (C=O) groups is 2. The van der Waals surface area contributed by atoms with Crippen molar-refractivity contribution in [3.05, 3.63) is 0 Å². The number of carbonyl (C=O) groups excluding carboxylic acids is 2. The number of rotatable bonds is 7. The number of hydrogen-bond acceptors (Lipinski definition) is 6. The Balaban J connectivity index is 2.99. The van der Waals surface area contributed by atoms with Gasteiger partial charge in [-0.2, -0.15) is 0 Å². The Labute approximate surface area is 84.5 Å². The molecular weight excluding hydrogens is 212 g/mol. The molecule has 0 heterocycles. The van der Waals surface area contributed by atoms with Crippen molar-refractivity contribution in [1.82, 2.24) is 5.43 Å². The number of ether oxygens (including phenoxy) is 1. The van der Waals surface area contributed by atoms with Gasteiger partial charge in [0.1, 0.15) is 12.9 Å². The van der Waals surface area contributed by atoms with Gasteiger partial charge in [-0.15, -0.1) is 0 Å². The maximum absolute atomic E-state index is 10.4. The van der Waals surface area contributed by atoms with E-state index >= 15 is 0 Å². The SMILES string of the molecule is NNC(=O)OCCSSCCC=O. The summed E-state index contributed by atoms with van der Waals surface area (Å²) in [6.07, 6.45) is 0.812. The van der Waals surface area contributed by atoms with Gasteiger partial charge in [-0.05, 0) is 0 Å². The lowest BCUT2D eigenvalue weighted by atomic mass is 10.6. The first-order valence-electron chi connectivity index (χ1n) is 3.62. The molecule has 0 aliphatic heterocycles. The third kappa shape index (κ3) is 9.51. The van der Waals surface area contributed by atoms with Crippen molar-refractivity contribution in [1.29, 1.82) is 0 Å². The summed E-state index contributed by atoms with van der Waals surface area (Å²) >= 11 is 0. The molecule has 0 aromatic heterocycles.